The minimum Gasteiger partial charge on any atom is -0.370 e. The molecule has 0 atom stereocenters. The predicted molar refractivity (Wildman–Crippen MR) is 92.1 cm³/mol. The fourth-order valence-electron chi connectivity index (χ4n) is 2.53. The SMILES string of the molecule is CN(C)CCCNc1ncc(C(C)(C)C)c2ccccc12. The van der Waals surface area contributed by atoms with Gasteiger partial charge in [-0.25, -0.2) is 4.98 Å². The van der Waals surface area contributed by atoms with E-state index in [1.54, 1.807) is 0 Å². The van der Waals surface area contributed by atoms with E-state index in [4.69, 9.17) is 0 Å². The largest absolute Gasteiger partial charge is 0.370 e. The molecule has 0 amide bonds. The van der Waals surface area contributed by atoms with E-state index in [1.165, 1.54) is 16.3 Å². The first-order chi connectivity index (χ1) is 9.89. The van der Waals surface area contributed by atoms with E-state index in [2.05, 4.69) is 74.3 Å². The lowest BCUT2D eigenvalue weighted by Crippen LogP contribution is -2.17. The van der Waals surface area contributed by atoms with Crippen molar-refractivity contribution < 1.29 is 0 Å². The summed E-state index contributed by atoms with van der Waals surface area (Å²) < 4.78 is 0. The zero-order valence-electron chi connectivity index (χ0n) is 13.9. The van der Waals surface area contributed by atoms with Crippen LogP contribution in [0.15, 0.2) is 30.5 Å². The summed E-state index contributed by atoms with van der Waals surface area (Å²) in [6.45, 7) is 8.75. The van der Waals surface area contributed by atoms with Gasteiger partial charge in [0.15, 0.2) is 0 Å². The molecule has 0 fully saturated rings. The summed E-state index contributed by atoms with van der Waals surface area (Å²) in [5.41, 5.74) is 1.41. The molecule has 114 valence electrons. The molecule has 1 N–H and O–H groups in total. The van der Waals surface area contributed by atoms with Gasteiger partial charge in [0.05, 0.1) is 0 Å². The fourth-order valence-corrected chi connectivity index (χ4v) is 2.53. The Bertz CT molecular complexity index is 597. The van der Waals surface area contributed by atoms with Gasteiger partial charge in [-0.05, 0) is 43.4 Å². The third kappa shape index (κ3) is 3.94. The minimum absolute atomic E-state index is 0.107. The molecule has 0 spiro atoms. The molecule has 0 unspecified atom stereocenters. The molecule has 1 aromatic heterocycles. The Labute approximate surface area is 128 Å². The second kappa shape index (κ2) is 6.44. The normalized spacial score (nSPS) is 12.1. The number of benzene rings is 1. The first-order valence-corrected chi connectivity index (χ1v) is 7.66. The third-order valence-electron chi connectivity index (χ3n) is 3.68. The number of pyridine rings is 1. The van der Waals surface area contributed by atoms with Crippen LogP contribution in [0.2, 0.25) is 0 Å². The molecule has 2 aromatic rings. The molecule has 0 saturated heterocycles. The summed E-state index contributed by atoms with van der Waals surface area (Å²) >= 11 is 0. The fraction of sp³-hybridized carbons (Fsp3) is 0.500. The molecule has 0 bridgehead atoms. The number of nitrogens with zero attached hydrogens (tertiary/aromatic N) is 2. The van der Waals surface area contributed by atoms with Crippen molar-refractivity contribution in [3.8, 4) is 0 Å². The van der Waals surface area contributed by atoms with Gasteiger partial charge in [0, 0.05) is 18.1 Å². The van der Waals surface area contributed by atoms with E-state index in [1.807, 2.05) is 6.20 Å². The van der Waals surface area contributed by atoms with Crippen LogP contribution in [0.5, 0.6) is 0 Å². The highest BCUT2D eigenvalue weighted by molar-refractivity contribution is 5.94. The van der Waals surface area contributed by atoms with Gasteiger partial charge in [-0.3, -0.25) is 0 Å². The van der Waals surface area contributed by atoms with Crippen LogP contribution in [-0.4, -0.2) is 37.1 Å². The number of aromatic nitrogens is 1. The zero-order chi connectivity index (χ0) is 15.5. The van der Waals surface area contributed by atoms with Crippen LogP contribution >= 0.6 is 0 Å². The first kappa shape index (κ1) is 15.8. The highest BCUT2D eigenvalue weighted by atomic mass is 15.1. The van der Waals surface area contributed by atoms with Crippen molar-refractivity contribution in [2.24, 2.45) is 0 Å². The average Bonchev–Trinajstić information content (AvgIpc) is 2.42. The van der Waals surface area contributed by atoms with Crippen LogP contribution in [0.3, 0.4) is 0 Å². The van der Waals surface area contributed by atoms with Gasteiger partial charge < -0.3 is 10.2 Å². The van der Waals surface area contributed by atoms with Crippen LogP contribution in [0.4, 0.5) is 5.82 Å². The Morgan fingerprint density at radius 3 is 2.38 bits per heavy atom. The lowest BCUT2D eigenvalue weighted by atomic mass is 9.85. The van der Waals surface area contributed by atoms with Crippen LogP contribution in [0.1, 0.15) is 32.8 Å². The molecule has 0 aliphatic carbocycles. The summed E-state index contributed by atoms with van der Waals surface area (Å²) in [4.78, 5) is 6.87. The Balaban J connectivity index is 2.26. The number of hydrogen-bond acceptors (Lipinski definition) is 3. The number of fused-ring (bicyclic) bond motifs is 1. The zero-order valence-corrected chi connectivity index (χ0v) is 13.9. The van der Waals surface area contributed by atoms with Crippen molar-refractivity contribution in [3.05, 3.63) is 36.0 Å². The van der Waals surface area contributed by atoms with Crippen molar-refractivity contribution in [3.63, 3.8) is 0 Å². The number of rotatable bonds is 5. The molecule has 2 rings (SSSR count). The molecule has 0 saturated carbocycles. The number of nitrogens with one attached hydrogen (secondary N) is 1. The van der Waals surface area contributed by atoms with Gasteiger partial charge in [0.1, 0.15) is 5.82 Å². The van der Waals surface area contributed by atoms with Gasteiger partial charge in [0.25, 0.3) is 0 Å². The van der Waals surface area contributed by atoms with E-state index in [0.29, 0.717) is 0 Å². The quantitative estimate of drug-likeness (QED) is 0.845. The van der Waals surface area contributed by atoms with Crippen LogP contribution < -0.4 is 5.32 Å². The van der Waals surface area contributed by atoms with E-state index in [9.17, 15) is 0 Å². The number of anilines is 1. The second-order valence-corrected chi connectivity index (χ2v) is 6.90. The molecule has 0 radical (unpaired) electrons. The monoisotopic (exact) mass is 285 g/mol. The maximum atomic E-state index is 4.67. The van der Waals surface area contributed by atoms with Crippen molar-refractivity contribution in [1.82, 2.24) is 9.88 Å². The van der Waals surface area contributed by atoms with Crippen LogP contribution in [-0.2, 0) is 5.41 Å². The maximum Gasteiger partial charge on any atom is 0.133 e. The molecule has 21 heavy (non-hydrogen) atoms. The molecule has 3 heteroatoms. The lowest BCUT2D eigenvalue weighted by Gasteiger charge is -2.22. The third-order valence-corrected chi connectivity index (χ3v) is 3.68. The average molecular weight is 285 g/mol. The van der Waals surface area contributed by atoms with Crippen molar-refractivity contribution in [1.29, 1.82) is 0 Å². The maximum absolute atomic E-state index is 4.67. The van der Waals surface area contributed by atoms with Crippen molar-refractivity contribution in [2.75, 3.05) is 32.5 Å². The van der Waals surface area contributed by atoms with Gasteiger partial charge in [-0.15, -0.1) is 0 Å². The summed E-state index contributed by atoms with van der Waals surface area (Å²) in [5.74, 6) is 0.998. The van der Waals surface area contributed by atoms with Gasteiger partial charge >= 0.3 is 0 Å². The van der Waals surface area contributed by atoms with Crippen LogP contribution in [0.25, 0.3) is 10.8 Å². The molecular weight excluding hydrogens is 258 g/mol. The molecule has 1 heterocycles. The Morgan fingerprint density at radius 1 is 1.10 bits per heavy atom. The van der Waals surface area contributed by atoms with E-state index in [-0.39, 0.29) is 5.41 Å². The predicted octanol–water partition coefficient (Wildman–Crippen LogP) is 3.90. The molecule has 0 aliphatic heterocycles. The van der Waals surface area contributed by atoms with Gasteiger partial charge in [-0.1, -0.05) is 45.0 Å². The molecule has 1 aromatic carbocycles. The molecule has 0 aliphatic rings. The standard InChI is InChI=1S/C18H27N3/c1-18(2,3)16-13-20-17(19-11-8-12-21(4)5)15-10-7-6-9-14(15)16/h6-7,9-10,13H,8,11-12H2,1-5H3,(H,19,20). The highest BCUT2D eigenvalue weighted by Gasteiger charge is 2.18. The minimum atomic E-state index is 0.107. The smallest absolute Gasteiger partial charge is 0.133 e. The summed E-state index contributed by atoms with van der Waals surface area (Å²) in [5, 5.41) is 6.00. The second-order valence-electron chi connectivity index (χ2n) is 6.90. The highest BCUT2D eigenvalue weighted by Crippen LogP contribution is 2.32. The van der Waals surface area contributed by atoms with E-state index in [0.717, 1.165) is 25.3 Å². The Morgan fingerprint density at radius 2 is 1.76 bits per heavy atom. The summed E-state index contributed by atoms with van der Waals surface area (Å²) in [6, 6.07) is 8.54. The number of hydrogen-bond donors (Lipinski definition) is 1. The summed E-state index contributed by atoms with van der Waals surface area (Å²) in [6.07, 6.45) is 3.14. The van der Waals surface area contributed by atoms with Gasteiger partial charge in [-0.2, -0.15) is 0 Å². The van der Waals surface area contributed by atoms with E-state index >= 15 is 0 Å². The molecule has 3 nitrogen and oxygen atoms in total. The van der Waals surface area contributed by atoms with Crippen LogP contribution in [0, 0.1) is 0 Å². The van der Waals surface area contributed by atoms with Gasteiger partial charge in [0.2, 0.25) is 0 Å². The first-order valence-electron chi connectivity index (χ1n) is 7.66. The lowest BCUT2D eigenvalue weighted by molar-refractivity contribution is 0.405. The van der Waals surface area contributed by atoms with Crippen molar-refractivity contribution in [2.45, 2.75) is 32.6 Å². The summed E-state index contributed by atoms with van der Waals surface area (Å²) in [7, 11) is 4.21. The molecular formula is C18H27N3. The van der Waals surface area contributed by atoms with E-state index < -0.39 is 0 Å². The Kier molecular flexibility index (Phi) is 4.84. The van der Waals surface area contributed by atoms with Crippen molar-refractivity contribution >= 4 is 16.6 Å². The topological polar surface area (TPSA) is 28.2 Å². The Hall–Kier alpha value is -1.61.